The summed E-state index contributed by atoms with van der Waals surface area (Å²) < 4.78 is 25.9. The zero-order valence-corrected chi connectivity index (χ0v) is 19.1. The molecule has 0 saturated carbocycles. The third-order valence-corrected chi connectivity index (χ3v) is 7.59. The van der Waals surface area contributed by atoms with Crippen molar-refractivity contribution in [1.82, 2.24) is 10.6 Å². The molecule has 166 valence electrons. The lowest BCUT2D eigenvalue weighted by Crippen LogP contribution is -2.31. The maximum atomic E-state index is 13.0. The predicted octanol–water partition coefficient (Wildman–Crippen LogP) is 4.80. The van der Waals surface area contributed by atoms with E-state index in [0.717, 1.165) is 29.8 Å². The number of nitrogens with one attached hydrogen (secondary N) is 3. The van der Waals surface area contributed by atoms with Gasteiger partial charge in [-0.05, 0) is 47.4 Å². The fraction of sp³-hybridized carbons (Fsp3) is 0.208. The molecule has 0 spiro atoms. The van der Waals surface area contributed by atoms with Gasteiger partial charge in [0.15, 0.2) is 9.84 Å². The maximum absolute atomic E-state index is 13.0. The summed E-state index contributed by atoms with van der Waals surface area (Å²) in [5, 5.41) is 8.87. The summed E-state index contributed by atoms with van der Waals surface area (Å²) in [5.74, 6) is -0.137. The Morgan fingerprint density at radius 3 is 2.53 bits per heavy atom. The van der Waals surface area contributed by atoms with Crippen LogP contribution in [0, 0.1) is 0 Å². The van der Waals surface area contributed by atoms with Crippen LogP contribution in [0.4, 0.5) is 10.5 Å². The number of hydrogen-bond donors (Lipinski definition) is 3. The number of fused-ring (bicyclic) bond motifs is 1. The average molecular weight is 470 g/mol. The number of sulfone groups is 1. The second-order valence-corrected chi connectivity index (χ2v) is 10.2. The molecule has 1 aliphatic rings. The molecule has 3 aromatic carbocycles. The quantitative estimate of drug-likeness (QED) is 0.484. The highest BCUT2D eigenvalue weighted by Crippen LogP contribution is 2.29. The highest BCUT2D eigenvalue weighted by atomic mass is 35.5. The highest BCUT2D eigenvalue weighted by Gasteiger charge is 2.21. The Morgan fingerprint density at radius 2 is 1.78 bits per heavy atom. The van der Waals surface area contributed by atoms with E-state index in [1.54, 1.807) is 0 Å². The lowest BCUT2D eigenvalue weighted by molar-refractivity contribution is 0.249. The van der Waals surface area contributed by atoms with E-state index in [-0.39, 0.29) is 21.7 Å². The molecule has 0 bridgehead atoms. The van der Waals surface area contributed by atoms with Gasteiger partial charge in [0, 0.05) is 18.8 Å². The van der Waals surface area contributed by atoms with Gasteiger partial charge >= 0.3 is 6.03 Å². The van der Waals surface area contributed by atoms with Crippen molar-refractivity contribution in [2.24, 2.45) is 0 Å². The standard InChI is InChI=1S/C24H24ClN3O3S/c1-16(18-5-3-2-4-6-18)27-24(29)28-21-9-10-23(22(25)12-21)32(30,31)15-17-7-8-19-13-26-14-20(19)11-17/h2-12,16,26H,13-15H2,1H3,(H2,27,28,29). The van der Waals surface area contributed by atoms with Crippen LogP contribution in [-0.2, 0) is 28.7 Å². The van der Waals surface area contributed by atoms with Crippen LogP contribution in [0.5, 0.6) is 0 Å². The molecular weight excluding hydrogens is 446 g/mol. The normalized spacial score (nSPS) is 13.9. The Morgan fingerprint density at radius 1 is 1.03 bits per heavy atom. The SMILES string of the molecule is CC(NC(=O)Nc1ccc(S(=O)(=O)Cc2ccc3c(c2)CNC3)c(Cl)c1)c1ccccc1. The summed E-state index contributed by atoms with van der Waals surface area (Å²) >= 11 is 6.30. The van der Waals surface area contributed by atoms with E-state index in [0.29, 0.717) is 5.69 Å². The Hall–Kier alpha value is -2.87. The Labute approximate surface area is 192 Å². The van der Waals surface area contributed by atoms with Crippen LogP contribution in [-0.4, -0.2) is 14.4 Å². The third kappa shape index (κ3) is 5.12. The molecule has 0 radical (unpaired) electrons. The first-order valence-electron chi connectivity index (χ1n) is 10.3. The number of hydrogen-bond acceptors (Lipinski definition) is 4. The van der Waals surface area contributed by atoms with Crippen molar-refractivity contribution in [3.05, 3.63) is 94.0 Å². The molecular formula is C24H24ClN3O3S. The third-order valence-electron chi connectivity index (χ3n) is 5.43. The summed E-state index contributed by atoms with van der Waals surface area (Å²) in [6, 6.07) is 19.1. The van der Waals surface area contributed by atoms with E-state index in [1.807, 2.05) is 55.5 Å². The van der Waals surface area contributed by atoms with Crippen molar-refractivity contribution in [3.63, 3.8) is 0 Å². The van der Waals surface area contributed by atoms with Gasteiger partial charge in [0.2, 0.25) is 0 Å². The van der Waals surface area contributed by atoms with E-state index in [9.17, 15) is 13.2 Å². The molecule has 32 heavy (non-hydrogen) atoms. The summed E-state index contributed by atoms with van der Waals surface area (Å²) in [7, 11) is -3.64. The molecule has 2 amide bonds. The number of carbonyl (C=O) groups is 1. The van der Waals surface area contributed by atoms with Gasteiger partial charge in [-0.25, -0.2) is 13.2 Å². The molecule has 0 aromatic heterocycles. The van der Waals surface area contributed by atoms with Crippen LogP contribution in [0.2, 0.25) is 5.02 Å². The van der Waals surface area contributed by atoms with Crippen molar-refractivity contribution in [1.29, 1.82) is 0 Å². The minimum absolute atomic E-state index is 0.0430. The monoisotopic (exact) mass is 469 g/mol. The minimum Gasteiger partial charge on any atom is -0.331 e. The van der Waals surface area contributed by atoms with E-state index in [4.69, 9.17) is 11.6 Å². The van der Waals surface area contributed by atoms with E-state index >= 15 is 0 Å². The topological polar surface area (TPSA) is 87.3 Å². The smallest absolute Gasteiger partial charge is 0.319 e. The Kier molecular flexibility index (Phi) is 6.50. The number of carbonyl (C=O) groups excluding carboxylic acids is 1. The second-order valence-electron chi connectivity index (χ2n) is 7.84. The number of anilines is 1. The van der Waals surface area contributed by atoms with Crippen LogP contribution in [0.3, 0.4) is 0 Å². The lowest BCUT2D eigenvalue weighted by Gasteiger charge is -2.15. The molecule has 0 fully saturated rings. The number of amides is 2. The molecule has 1 unspecified atom stereocenters. The largest absolute Gasteiger partial charge is 0.331 e. The van der Waals surface area contributed by atoms with Gasteiger partial charge < -0.3 is 16.0 Å². The molecule has 4 rings (SSSR count). The highest BCUT2D eigenvalue weighted by molar-refractivity contribution is 7.90. The van der Waals surface area contributed by atoms with Crippen molar-refractivity contribution < 1.29 is 13.2 Å². The van der Waals surface area contributed by atoms with Crippen LogP contribution in [0.25, 0.3) is 0 Å². The summed E-state index contributed by atoms with van der Waals surface area (Å²) in [6.07, 6.45) is 0. The summed E-state index contributed by atoms with van der Waals surface area (Å²) in [6.45, 7) is 3.43. The lowest BCUT2D eigenvalue weighted by atomic mass is 10.1. The zero-order chi connectivity index (χ0) is 22.7. The molecule has 3 aromatic rings. The zero-order valence-electron chi connectivity index (χ0n) is 17.6. The number of halogens is 1. The maximum Gasteiger partial charge on any atom is 0.319 e. The van der Waals surface area contributed by atoms with Crippen LogP contribution in [0.1, 0.15) is 35.2 Å². The van der Waals surface area contributed by atoms with Gasteiger partial charge in [-0.2, -0.15) is 0 Å². The predicted molar refractivity (Wildman–Crippen MR) is 126 cm³/mol. The van der Waals surface area contributed by atoms with Crippen molar-refractivity contribution in [2.45, 2.75) is 36.7 Å². The van der Waals surface area contributed by atoms with Crippen molar-refractivity contribution >= 4 is 33.2 Å². The van der Waals surface area contributed by atoms with E-state index in [1.165, 1.54) is 23.8 Å². The molecule has 1 aliphatic heterocycles. The number of rotatable bonds is 6. The van der Waals surface area contributed by atoms with E-state index < -0.39 is 15.9 Å². The fourth-order valence-corrected chi connectivity index (χ4v) is 5.69. The van der Waals surface area contributed by atoms with E-state index in [2.05, 4.69) is 16.0 Å². The van der Waals surface area contributed by atoms with Gasteiger partial charge in [0.1, 0.15) is 0 Å². The van der Waals surface area contributed by atoms with Crippen LogP contribution in [0.15, 0.2) is 71.6 Å². The molecule has 1 atom stereocenters. The number of urea groups is 1. The van der Waals surface area contributed by atoms with Crippen molar-refractivity contribution in [3.8, 4) is 0 Å². The average Bonchev–Trinajstić information content (AvgIpc) is 3.21. The summed E-state index contributed by atoms with van der Waals surface area (Å²) in [4.78, 5) is 12.4. The summed E-state index contributed by atoms with van der Waals surface area (Å²) in [5.41, 5.74) is 4.43. The number of benzene rings is 3. The van der Waals surface area contributed by atoms with Gasteiger partial charge in [-0.3, -0.25) is 0 Å². The first kappa shape index (κ1) is 22.3. The van der Waals surface area contributed by atoms with Gasteiger partial charge in [0.05, 0.1) is 21.7 Å². The molecule has 8 heteroatoms. The Balaban J connectivity index is 1.43. The molecule has 6 nitrogen and oxygen atoms in total. The molecule has 1 heterocycles. The Bertz CT molecular complexity index is 1250. The van der Waals surface area contributed by atoms with Crippen LogP contribution >= 0.6 is 11.6 Å². The fourth-order valence-electron chi connectivity index (χ4n) is 3.75. The van der Waals surface area contributed by atoms with Crippen LogP contribution < -0.4 is 16.0 Å². The molecule has 0 aliphatic carbocycles. The van der Waals surface area contributed by atoms with Gasteiger partial charge in [-0.15, -0.1) is 0 Å². The molecule has 0 saturated heterocycles. The minimum atomic E-state index is -3.64. The van der Waals surface area contributed by atoms with Gasteiger partial charge in [0.25, 0.3) is 0 Å². The molecule has 3 N–H and O–H groups in total. The second kappa shape index (κ2) is 9.32. The first-order valence-corrected chi connectivity index (χ1v) is 12.3. The van der Waals surface area contributed by atoms with Crippen molar-refractivity contribution in [2.75, 3.05) is 5.32 Å². The van der Waals surface area contributed by atoms with Gasteiger partial charge in [-0.1, -0.05) is 60.1 Å². The first-order chi connectivity index (χ1) is 15.3.